The van der Waals surface area contributed by atoms with Crippen LogP contribution in [0, 0.1) is 13.8 Å². The number of fused-ring (bicyclic) bond motifs is 1. The van der Waals surface area contributed by atoms with Crippen LogP contribution in [0.15, 0.2) is 36.4 Å². The Labute approximate surface area is 198 Å². The number of aromatic nitrogens is 3. The molecule has 1 aromatic carbocycles. The zero-order valence-electron chi connectivity index (χ0n) is 20.8. The Morgan fingerprint density at radius 1 is 1.18 bits per heavy atom. The Bertz CT molecular complexity index is 1100. The third-order valence-electron chi connectivity index (χ3n) is 6.37. The summed E-state index contributed by atoms with van der Waals surface area (Å²) in [5.41, 5.74) is 8.11. The monoisotopic (exact) mass is 446 g/mol. The Kier molecular flexibility index (Phi) is 7.58. The van der Waals surface area contributed by atoms with Gasteiger partial charge in [0, 0.05) is 62.1 Å². The summed E-state index contributed by atoms with van der Waals surface area (Å²) in [6.45, 7) is 11.7. The van der Waals surface area contributed by atoms with Gasteiger partial charge in [-0.15, -0.1) is 0 Å². The highest BCUT2D eigenvalue weighted by molar-refractivity contribution is 5.55. The molecule has 1 N–H and O–H groups in total. The number of hydrogen-bond donors (Lipinski definition) is 1. The molecule has 0 aliphatic carbocycles. The van der Waals surface area contributed by atoms with Crippen LogP contribution in [0.4, 0.5) is 0 Å². The number of piperazine rings is 1. The van der Waals surface area contributed by atoms with E-state index in [-0.39, 0.29) is 0 Å². The summed E-state index contributed by atoms with van der Waals surface area (Å²) >= 11 is 0. The molecular weight excluding hydrogens is 408 g/mol. The van der Waals surface area contributed by atoms with Crippen LogP contribution in [0.5, 0.6) is 0 Å². The van der Waals surface area contributed by atoms with Crippen LogP contribution in [-0.4, -0.2) is 77.3 Å². The molecule has 0 unspecified atom stereocenters. The molecule has 6 heteroatoms. The van der Waals surface area contributed by atoms with Crippen molar-refractivity contribution in [2.24, 2.45) is 0 Å². The van der Waals surface area contributed by atoms with Gasteiger partial charge in [0.2, 0.25) is 0 Å². The molecule has 0 saturated carbocycles. The van der Waals surface area contributed by atoms with Gasteiger partial charge >= 0.3 is 0 Å². The SMILES string of the molecule is CCc1nn2c(C)cc(C)nc2c1Cc1ccc(C=CCN2CCN[C@@H](CN(C)C)C2)cc1. The lowest BCUT2D eigenvalue weighted by Gasteiger charge is -2.34. The van der Waals surface area contributed by atoms with E-state index in [9.17, 15) is 0 Å². The molecule has 6 nitrogen and oxygen atoms in total. The van der Waals surface area contributed by atoms with E-state index in [1.807, 2.05) is 4.52 Å². The Hall–Kier alpha value is -2.54. The van der Waals surface area contributed by atoms with E-state index in [1.165, 1.54) is 16.7 Å². The van der Waals surface area contributed by atoms with Crippen molar-refractivity contribution in [2.45, 2.75) is 39.7 Å². The summed E-state index contributed by atoms with van der Waals surface area (Å²) in [6, 6.07) is 11.6. The van der Waals surface area contributed by atoms with Gasteiger partial charge in [0.1, 0.15) is 0 Å². The molecule has 1 aliphatic heterocycles. The number of nitrogens with one attached hydrogen (secondary N) is 1. The maximum Gasteiger partial charge on any atom is 0.159 e. The zero-order valence-corrected chi connectivity index (χ0v) is 20.8. The molecule has 1 atom stereocenters. The first-order valence-electron chi connectivity index (χ1n) is 12.1. The fourth-order valence-corrected chi connectivity index (χ4v) is 4.79. The topological polar surface area (TPSA) is 48.7 Å². The van der Waals surface area contributed by atoms with Crippen molar-refractivity contribution in [3.63, 3.8) is 0 Å². The second-order valence-corrected chi connectivity index (χ2v) is 9.55. The molecule has 2 aromatic heterocycles. The molecule has 4 rings (SSSR count). The maximum absolute atomic E-state index is 4.82. The van der Waals surface area contributed by atoms with E-state index in [0.717, 1.165) is 68.3 Å². The van der Waals surface area contributed by atoms with Crippen LogP contribution >= 0.6 is 0 Å². The van der Waals surface area contributed by atoms with Gasteiger partial charge in [-0.2, -0.15) is 5.10 Å². The lowest BCUT2D eigenvalue weighted by atomic mass is 10.0. The highest BCUT2D eigenvalue weighted by atomic mass is 15.3. The first-order valence-corrected chi connectivity index (χ1v) is 12.1. The van der Waals surface area contributed by atoms with E-state index < -0.39 is 0 Å². The van der Waals surface area contributed by atoms with Gasteiger partial charge in [-0.25, -0.2) is 9.50 Å². The van der Waals surface area contributed by atoms with Gasteiger partial charge in [0.15, 0.2) is 5.65 Å². The zero-order chi connectivity index (χ0) is 23.4. The smallest absolute Gasteiger partial charge is 0.159 e. The molecule has 1 aliphatic rings. The van der Waals surface area contributed by atoms with E-state index >= 15 is 0 Å². The van der Waals surface area contributed by atoms with E-state index in [1.54, 1.807) is 0 Å². The van der Waals surface area contributed by atoms with Gasteiger partial charge in [-0.1, -0.05) is 43.3 Å². The van der Waals surface area contributed by atoms with Crippen LogP contribution in [-0.2, 0) is 12.8 Å². The fourth-order valence-electron chi connectivity index (χ4n) is 4.79. The molecule has 3 heterocycles. The van der Waals surface area contributed by atoms with Crippen molar-refractivity contribution in [3.05, 3.63) is 70.2 Å². The third-order valence-corrected chi connectivity index (χ3v) is 6.37. The largest absolute Gasteiger partial charge is 0.310 e. The molecule has 0 bridgehead atoms. The molecule has 0 spiro atoms. The summed E-state index contributed by atoms with van der Waals surface area (Å²) in [5, 5.41) is 8.44. The number of aryl methyl sites for hydroxylation is 3. The lowest BCUT2D eigenvalue weighted by Crippen LogP contribution is -2.54. The van der Waals surface area contributed by atoms with Gasteiger partial charge in [0.05, 0.1) is 5.69 Å². The standard InChI is InChI=1S/C27H38N6/c1-6-26-25(27-29-20(2)16-21(3)33(27)30-26)17-23-11-9-22(10-12-23)8-7-14-32-15-13-28-24(19-32)18-31(4)5/h7-12,16,24,28H,6,13-15,17-19H2,1-5H3/t24-/m0/s1. The predicted octanol–water partition coefficient (Wildman–Crippen LogP) is 3.35. The van der Waals surface area contributed by atoms with Crippen LogP contribution in [0.2, 0.25) is 0 Å². The maximum atomic E-state index is 4.82. The predicted molar refractivity (Wildman–Crippen MR) is 137 cm³/mol. The molecule has 1 fully saturated rings. The molecule has 0 amide bonds. The van der Waals surface area contributed by atoms with Crippen LogP contribution in [0.3, 0.4) is 0 Å². The number of nitrogens with zero attached hydrogens (tertiary/aromatic N) is 5. The second kappa shape index (κ2) is 10.6. The number of rotatable bonds is 8. The van der Waals surface area contributed by atoms with Crippen LogP contribution < -0.4 is 5.32 Å². The molecule has 0 radical (unpaired) electrons. The number of benzene rings is 1. The highest BCUT2D eigenvalue weighted by Crippen LogP contribution is 2.21. The van der Waals surface area contributed by atoms with E-state index in [0.29, 0.717) is 6.04 Å². The Morgan fingerprint density at radius 2 is 1.97 bits per heavy atom. The van der Waals surface area contributed by atoms with E-state index in [4.69, 9.17) is 10.1 Å². The molecule has 1 saturated heterocycles. The normalized spacial score (nSPS) is 17.6. The summed E-state index contributed by atoms with van der Waals surface area (Å²) in [5.74, 6) is 0. The second-order valence-electron chi connectivity index (χ2n) is 9.55. The number of hydrogen-bond acceptors (Lipinski definition) is 5. The van der Waals surface area contributed by atoms with Crippen LogP contribution in [0.1, 0.15) is 40.7 Å². The van der Waals surface area contributed by atoms with Crippen molar-refractivity contribution in [2.75, 3.05) is 46.8 Å². The van der Waals surface area contributed by atoms with Crippen molar-refractivity contribution in [1.82, 2.24) is 29.7 Å². The van der Waals surface area contributed by atoms with E-state index in [2.05, 4.69) is 92.5 Å². The van der Waals surface area contributed by atoms with Crippen LogP contribution in [0.25, 0.3) is 11.7 Å². The summed E-state index contributed by atoms with van der Waals surface area (Å²) in [7, 11) is 4.28. The lowest BCUT2D eigenvalue weighted by molar-refractivity contribution is 0.192. The summed E-state index contributed by atoms with van der Waals surface area (Å²) in [4.78, 5) is 9.59. The average Bonchev–Trinajstić information content (AvgIpc) is 3.12. The fraction of sp³-hybridized carbons (Fsp3) is 0.481. The minimum absolute atomic E-state index is 0.552. The molecular formula is C27H38N6. The quantitative estimate of drug-likeness (QED) is 0.575. The average molecular weight is 447 g/mol. The Morgan fingerprint density at radius 3 is 2.70 bits per heavy atom. The van der Waals surface area contributed by atoms with Gasteiger partial charge < -0.3 is 10.2 Å². The van der Waals surface area contributed by atoms with Crippen molar-refractivity contribution in [1.29, 1.82) is 0 Å². The minimum Gasteiger partial charge on any atom is -0.310 e. The first-order chi connectivity index (χ1) is 15.9. The minimum atomic E-state index is 0.552. The van der Waals surface area contributed by atoms with Gasteiger partial charge in [-0.05, 0) is 51.6 Å². The van der Waals surface area contributed by atoms with Gasteiger partial charge in [0.25, 0.3) is 0 Å². The van der Waals surface area contributed by atoms with Gasteiger partial charge in [-0.3, -0.25) is 4.90 Å². The Balaban J connectivity index is 1.40. The molecule has 33 heavy (non-hydrogen) atoms. The van der Waals surface area contributed by atoms with Crippen molar-refractivity contribution in [3.8, 4) is 0 Å². The number of likely N-dealkylation sites (N-methyl/N-ethyl adjacent to an activating group) is 1. The summed E-state index contributed by atoms with van der Waals surface area (Å²) < 4.78 is 2.00. The van der Waals surface area contributed by atoms with Crippen molar-refractivity contribution >= 4 is 11.7 Å². The molecule has 3 aromatic rings. The first kappa shape index (κ1) is 23.6. The van der Waals surface area contributed by atoms with Crippen molar-refractivity contribution < 1.29 is 0 Å². The third kappa shape index (κ3) is 5.88. The molecule has 176 valence electrons. The highest BCUT2D eigenvalue weighted by Gasteiger charge is 2.18. The summed E-state index contributed by atoms with van der Waals surface area (Å²) in [6.07, 6.45) is 6.32.